The Labute approximate surface area is 146 Å². The van der Waals surface area contributed by atoms with Crippen molar-refractivity contribution in [2.24, 2.45) is 10.8 Å². The third kappa shape index (κ3) is 2.84. The summed E-state index contributed by atoms with van der Waals surface area (Å²) in [5.74, 6) is 0.243. The number of aromatic hydroxyl groups is 1. The highest BCUT2D eigenvalue weighted by Crippen LogP contribution is 2.54. The summed E-state index contributed by atoms with van der Waals surface area (Å²) in [5, 5.41) is 22.4. The molecule has 2 aromatic carbocycles. The van der Waals surface area contributed by atoms with E-state index in [1.807, 2.05) is 43.3 Å². The van der Waals surface area contributed by atoms with Crippen molar-refractivity contribution < 1.29 is 10.2 Å². The predicted molar refractivity (Wildman–Crippen MR) is 101 cm³/mol. The minimum atomic E-state index is -1.06. The number of aryl methyl sites for hydroxylation is 1. The highest BCUT2D eigenvalue weighted by Gasteiger charge is 2.51. The summed E-state index contributed by atoms with van der Waals surface area (Å²) in [6.07, 6.45) is 0. The first-order valence-corrected chi connectivity index (χ1v) is 8.52. The fourth-order valence-corrected chi connectivity index (χ4v) is 3.95. The first-order valence-electron chi connectivity index (χ1n) is 8.52. The highest BCUT2D eigenvalue weighted by molar-refractivity contribution is 5.77. The Morgan fingerprint density at radius 3 is 1.79 bits per heavy atom. The fourth-order valence-electron chi connectivity index (χ4n) is 3.95. The van der Waals surface area contributed by atoms with Gasteiger partial charge in [0, 0.05) is 5.56 Å². The summed E-state index contributed by atoms with van der Waals surface area (Å²) < 4.78 is 0. The topological polar surface area (TPSA) is 40.5 Å². The first kappa shape index (κ1) is 18.5. The zero-order valence-electron chi connectivity index (χ0n) is 15.9. The zero-order valence-corrected chi connectivity index (χ0v) is 15.9. The molecule has 2 heteroatoms. The van der Waals surface area contributed by atoms with Crippen molar-refractivity contribution in [3.05, 3.63) is 53.6 Å². The molecule has 0 saturated carbocycles. The van der Waals surface area contributed by atoms with E-state index in [0.717, 1.165) is 22.3 Å². The molecular weight excluding hydrogens is 296 g/mol. The minimum Gasteiger partial charge on any atom is -0.507 e. The van der Waals surface area contributed by atoms with Gasteiger partial charge < -0.3 is 10.2 Å². The SMILES string of the molecule is Cc1cccc(O)c1-c1ccccc1C(O)(C(C)(C)C)C(C)(C)C. The molecule has 0 bridgehead atoms. The molecule has 0 aliphatic rings. The van der Waals surface area contributed by atoms with Gasteiger partial charge >= 0.3 is 0 Å². The number of phenols is 1. The van der Waals surface area contributed by atoms with Gasteiger partial charge in [0.05, 0.1) is 5.60 Å². The van der Waals surface area contributed by atoms with Crippen LogP contribution in [-0.2, 0) is 5.60 Å². The first-order chi connectivity index (χ1) is 10.9. The number of rotatable bonds is 2. The maximum Gasteiger partial charge on any atom is 0.123 e. The van der Waals surface area contributed by atoms with E-state index in [0.29, 0.717) is 0 Å². The molecule has 0 aromatic heterocycles. The van der Waals surface area contributed by atoms with E-state index in [-0.39, 0.29) is 16.6 Å². The van der Waals surface area contributed by atoms with Gasteiger partial charge in [-0.05, 0) is 40.5 Å². The van der Waals surface area contributed by atoms with E-state index in [4.69, 9.17) is 0 Å². The van der Waals surface area contributed by atoms with Crippen LogP contribution in [0, 0.1) is 17.8 Å². The molecule has 0 amide bonds. The second kappa shape index (κ2) is 5.93. The lowest BCUT2D eigenvalue weighted by Crippen LogP contribution is -2.50. The fraction of sp³-hybridized carbons (Fsp3) is 0.455. The number of aliphatic hydroxyl groups is 1. The largest absolute Gasteiger partial charge is 0.507 e. The van der Waals surface area contributed by atoms with Crippen molar-refractivity contribution in [2.75, 3.05) is 0 Å². The van der Waals surface area contributed by atoms with Gasteiger partial charge in [-0.15, -0.1) is 0 Å². The molecule has 0 atom stereocenters. The number of benzene rings is 2. The van der Waals surface area contributed by atoms with Crippen LogP contribution in [0.5, 0.6) is 5.75 Å². The van der Waals surface area contributed by atoms with Crippen LogP contribution in [0.2, 0.25) is 0 Å². The average Bonchev–Trinajstić information content (AvgIpc) is 2.44. The summed E-state index contributed by atoms with van der Waals surface area (Å²) in [5.41, 5.74) is 1.72. The molecule has 2 N–H and O–H groups in total. The van der Waals surface area contributed by atoms with Crippen LogP contribution >= 0.6 is 0 Å². The summed E-state index contributed by atoms with van der Waals surface area (Å²) in [4.78, 5) is 0. The minimum absolute atomic E-state index is 0.243. The Balaban J connectivity index is 2.87. The van der Waals surface area contributed by atoms with Crippen molar-refractivity contribution in [2.45, 2.75) is 54.1 Å². The molecule has 0 aliphatic heterocycles. The van der Waals surface area contributed by atoms with Gasteiger partial charge in [-0.1, -0.05) is 77.9 Å². The quantitative estimate of drug-likeness (QED) is 0.749. The third-order valence-electron chi connectivity index (χ3n) is 5.01. The average molecular weight is 326 g/mol. The van der Waals surface area contributed by atoms with E-state index in [9.17, 15) is 10.2 Å². The Bertz CT molecular complexity index is 696. The standard InChI is InChI=1S/C22H30O2/c1-15-11-10-14-18(23)19(15)16-12-8-9-13-17(16)22(24,20(2,3)4)21(5,6)7/h8-14,23-24H,1-7H3. The van der Waals surface area contributed by atoms with E-state index in [1.54, 1.807) is 6.07 Å². The number of hydrogen-bond acceptors (Lipinski definition) is 2. The van der Waals surface area contributed by atoms with Gasteiger partial charge in [0.2, 0.25) is 0 Å². The van der Waals surface area contributed by atoms with Crippen molar-refractivity contribution in [1.82, 2.24) is 0 Å². The van der Waals surface area contributed by atoms with E-state index >= 15 is 0 Å². The molecule has 0 aliphatic carbocycles. The zero-order chi connectivity index (χ0) is 18.3. The third-order valence-corrected chi connectivity index (χ3v) is 5.01. The molecule has 0 unspecified atom stereocenters. The molecule has 130 valence electrons. The van der Waals surface area contributed by atoms with Crippen molar-refractivity contribution in [1.29, 1.82) is 0 Å². The second-order valence-electron chi connectivity index (χ2n) is 8.73. The smallest absolute Gasteiger partial charge is 0.123 e. The van der Waals surface area contributed by atoms with Crippen LogP contribution < -0.4 is 0 Å². The van der Waals surface area contributed by atoms with Crippen LogP contribution in [0.4, 0.5) is 0 Å². The van der Waals surface area contributed by atoms with Gasteiger partial charge in [-0.2, -0.15) is 0 Å². The maximum atomic E-state index is 11.9. The summed E-state index contributed by atoms with van der Waals surface area (Å²) >= 11 is 0. The Morgan fingerprint density at radius 2 is 1.29 bits per heavy atom. The van der Waals surface area contributed by atoms with E-state index < -0.39 is 5.60 Å². The Hall–Kier alpha value is -1.80. The second-order valence-corrected chi connectivity index (χ2v) is 8.73. The van der Waals surface area contributed by atoms with Crippen LogP contribution in [0.3, 0.4) is 0 Å². The Morgan fingerprint density at radius 1 is 0.750 bits per heavy atom. The number of phenolic OH excluding ortho intramolecular Hbond substituents is 1. The lowest BCUT2D eigenvalue weighted by atomic mass is 9.58. The summed E-state index contributed by atoms with van der Waals surface area (Å²) in [6, 6.07) is 13.4. The van der Waals surface area contributed by atoms with Gasteiger partial charge in [0.15, 0.2) is 0 Å². The van der Waals surface area contributed by atoms with Crippen LogP contribution in [0.1, 0.15) is 52.7 Å². The lowest BCUT2D eigenvalue weighted by Gasteiger charge is -2.50. The van der Waals surface area contributed by atoms with Crippen molar-refractivity contribution >= 4 is 0 Å². The monoisotopic (exact) mass is 326 g/mol. The molecule has 2 rings (SSSR count). The van der Waals surface area contributed by atoms with E-state index in [1.165, 1.54) is 0 Å². The van der Waals surface area contributed by atoms with Gasteiger partial charge in [0.1, 0.15) is 5.75 Å². The maximum absolute atomic E-state index is 11.9. The molecule has 2 aromatic rings. The predicted octanol–water partition coefficient (Wildman–Crippen LogP) is 5.65. The summed E-state index contributed by atoms with van der Waals surface area (Å²) in [7, 11) is 0. The molecule has 0 spiro atoms. The van der Waals surface area contributed by atoms with Gasteiger partial charge in [0.25, 0.3) is 0 Å². The van der Waals surface area contributed by atoms with Crippen molar-refractivity contribution in [3.63, 3.8) is 0 Å². The van der Waals surface area contributed by atoms with Crippen LogP contribution in [0.25, 0.3) is 11.1 Å². The lowest BCUT2D eigenvalue weighted by molar-refractivity contribution is -0.144. The van der Waals surface area contributed by atoms with Crippen molar-refractivity contribution in [3.8, 4) is 16.9 Å². The molecule has 24 heavy (non-hydrogen) atoms. The normalized spacial score (nSPS) is 13.2. The molecule has 0 fully saturated rings. The molecular formula is C22H30O2. The molecule has 0 saturated heterocycles. The van der Waals surface area contributed by atoms with Crippen LogP contribution in [-0.4, -0.2) is 10.2 Å². The Kier molecular flexibility index (Phi) is 4.58. The van der Waals surface area contributed by atoms with Crippen LogP contribution in [0.15, 0.2) is 42.5 Å². The molecule has 0 radical (unpaired) electrons. The van der Waals surface area contributed by atoms with Gasteiger partial charge in [-0.3, -0.25) is 0 Å². The van der Waals surface area contributed by atoms with Gasteiger partial charge in [-0.25, -0.2) is 0 Å². The molecule has 2 nitrogen and oxygen atoms in total. The number of hydrogen-bond donors (Lipinski definition) is 2. The summed E-state index contributed by atoms with van der Waals surface area (Å²) in [6.45, 7) is 14.4. The highest BCUT2D eigenvalue weighted by atomic mass is 16.3. The molecule has 0 heterocycles. The van der Waals surface area contributed by atoms with E-state index in [2.05, 4.69) is 41.5 Å².